The lowest BCUT2D eigenvalue weighted by atomic mass is 10.2. The van der Waals surface area contributed by atoms with Crippen LogP contribution in [-0.2, 0) is 9.53 Å². The monoisotopic (exact) mass is 278 g/mol. The second kappa shape index (κ2) is 5.59. The van der Waals surface area contributed by atoms with Gasteiger partial charge in [-0.3, -0.25) is 0 Å². The van der Waals surface area contributed by atoms with Crippen LogP contribution in [0.2, 0.25) is 0 Å². The molecule has 0 aromatic heterocycles. The number of methoxy groups -OCH3 is 2. The highest BCUT2D eigenvalue weighted by molar-refractivity contribution is 5.90. The molecule has 0 fully saturated rings. The number of alkyl halides is 3. The van der Waals surface area contributed by atoms with Gasteiger partial charge in [-0.05, 0) is 18.2 Å². The minimum Gasteiger partial charge on any atom is -0.493 e. The predicted octanol–water partition coefficient (Wildman–Crippen LogP) is 1.95. The Balaban J connectivity index is 3.03. The van der Waals surface area contributed by atoms with E-state index in [1.54, 1.807) is 0 Å². The summed E-state index contributed by atoms with van der Waals surface area (Å²) in [6, 6.07) is 3.26. The molecule has 0 unspecified atom stereocenters. The zero-order valence-electron chi connectivity index (χ0n) is 9.91. The number of rotatable bonds is 3. The summed E-state index contributed by atoms with van der Waals surface area (Å²) < 4.78 is 49.4. The maximum absolute atomic E-state index is 12.0. The fourth-order valence-corrected chi connectivity index (χ4v) is 1.15. The van der Waals surface area contributed by atoms with Crippen molar-refractivity contribution in [3.05, 3.63) is 23.8 Å². The molecule has 19 heavy (non-hydrogen) atoms. The number of carbonyl (C=O) groups excluding carboxylic acids is 2. The van der Waals surface area contributed by atoms with Gasteiger partial charge < -0.3 is 14.2 Å². The van der Waals surface area contributed by atoms with E-state index in [1.807, 2.05) is 0 Å². The lowest BCUT2D eigenvalue weighted by Crippen LogP contribution is -2.28. The van der Waals surface area contributed by atoms with E-state index in [1.165, 1.54) is 0 Å². The number of carbonyl (C=O) groups is 2. The highest BCUT2D eigenvalue weighted by atomic mass is 19.4. The Morgan fingerprint density at radius 1 is 1.11 bits per heavy atom. The average Bonchev–Trinajstić information content (AvgIpc) is 2.37. The van der Waals surface area contributed by atoms with Crippen molar-refractivity contribution in [1.29, 1.82) is 0 Å². The second-order valence-electron chi connectivity index (χ2n) is 3.24. The molecule has 104 valence electrons. The Hall–Kier alpha value is -2.25. The lowest BCUT2D eigenvalue weighted by Gasteiger charge is -2.11. The maximum Gasteiger partial charge on any atom is 0.491 e. The summed E-state index contributed by atoms with van der Waals surface area (Å²) >= 11 is 0. The number of esters is 2. The van der Waals surface area contributed by atoms with E-state index in [9.17, 15) is 22.8 Å². The number of ether oxygens (including phenoxy) is 3. The summed E-state index contributed by atoms with van der Waals surface area (Å²) in [5.74, 6) is -3.72. The van der Waals surface area contributed by atoms with E-state index in [0.29, 0.717) is 0 Å². The van der Waals surface area contributed by atoms with E-state index < -0.39 is 23.9 Å². The van der Waals surface area contributed by atoms with Gasteiger partial charge in [-0.1, -0.05) is 0 Å². The SMILES string of the molecule is COC(=O)c1ccc(OC(=O)C(F)(F)F)c(OC)c1. The van der Waals surface area contributed by atoms with Gasteiger partial charge in [0.05, 0.1) is 19.8 Å². The molecule has 0 saturated carbocycles. The Labute approximate surface area is 105 Å². The Kier molecular flexibility index (Phi) is 4.36. The molecule has 1 aromatic rings. The first-order valence-electron chi connectivity index (χ1n) is 4.85. The van der Waals surface area contributed by atoms with Gasteiger partial charge in [0, 0.05) is 0 Å². The van der Waals surface area contributed by atoms with Crippen LogP contribution in [0.5, 0.6) is 11.5 Å². The van der Waals surface area contributed by atoms with Crippen molar-refractivity contribution >= 4 is 11.9 Å². The van der Waals surface area contributed by atoms with Crippen LogP contribution in [0.3, 0.4) is 0 Å². The van der Waals surface area contributed by atoms with Crippen molar-refractivity contribution in [2.75, 3.05) is 14.2 Å². The van der Waals surface area contributed by atoms with Crippen LogP contribution < -0.4 is 9.47 Å². The van der Waals surface area contributed by atoms with Crippen LogP contribution in [0.1, 0.15) is 10.4 Å². The molecule has 1 aromatic carbocycles. The van der Waals surface area contributed by atoms with Crippen molar-refractivity contribution in [2.24, 2.45) is 0 Å². The zero-order valence-corrected chi connectivity index (χ0v) is 9.91. The van der Waals surface area contributed by atoms with Gasteiger partial charge in [-0.25, -0.2) is 9.59 Å². The number of halogens is 3. The topological polar surface area (TPSA) is 61.8 Å². The molecule has 0 atom stereocenters. The molecule has 0 saturated heterocycles. The highest BCUT2D eigenvalue weighted by Gasteiger charge is 2.41. The molecule has 0 aliphatic carbocycles. The van der Waals surface area contributed by atoms with Crippen molar-refractivity contribution in [2.45, 2.75) is 6.18 Å². The zero-order chi connectivity index (χ0) is 14.6. The Morgan fingerprint density at radius 2 is 1.74 bits per heavy atom. The molecule has 8 heteroatoms. The number of hydrogen-bond donors (Lipinski definition) is 0. The molecule has 0 aliphatic heterocycles. The summed E-state index contributed by atoms with van der Waals surface area (Å²) in [5.41, 5.74) is 0.0474. The Bertz CT molecular complexity index is 496. The first kappa shape index (κ1) is 14.8. The number of benzene rings is 1. The lowest BCUT2D eigenvalue weighted by molar-refractivity contribution is -0.189. The van der Waals surface area contributed by atoms with Crippen LogP contribution in [0.15, 0.2) is 18.2 Å². The van der Waals surface area contributed by atoms with Gasteiger partial charge >= 0.3 is 18.1 Å². The first-order valence-corrected chi connectivity index (χ1v) is 4.85. The van der Waals surface area contributed by atoms with Crippen LogP contribution in [0.25, 0.3) is 0 Å². The molecule has 0 amide bonds. The summed E-state index contributed by atoms with van der Waals surface area (Å²) in [7, 11) is 2.30. The van der Waals surface area contributed by atoms with Crippen molar-refractivity contribution in [3.63, 3.8) is 0 Å². The van der Waals surface area contributed by atoms with Gasteiger partial charge in [-0.2, -0.15) is 13.2 Å². The molecule has 0 spiro atoms. The molecule has 0 bridgehead atoms. The van der Waals surface area contributed by atoms with E-state index in [0.717, 1.165) is 32.4 Å². The van der Waals surface area contributed by atoms with Crippen molar-refractivity contribution in [1.82, 2.24) is 0 Å². The smallest absolute Gasteiger partial charge is 0.491 e. The first-order chi connectivity index (χ1) is 8.79. The van der Waals surface area contributed by atoms with Crippen LogP contribution >= 0.6 is 0 Å². The van der Waals surface area contributed by atoms with Gasteiger partial charge in [-0.15, -0.1) is 0 Å². The van der Waals surface area contributed by atoms with E-state index >= 15 is 0 Å². The third kappa shape index (κ3) is 3.60. The van der Waals surface area contributed by atoms with E-state index in [-0.39, 0.29) is 11.3 Å². The molecule has 1 rings (SSSR count). The number of hydrogen-bond acceptors (Lipinski definition) is 5. The largest absolute Gasteiger partial charge is 0.493 e. The third-order valence-corrected chi connectivity index (χ3v) is 2.02. The van der Waals surface area contributed by atoms with Crippen molar-refractivity contribution in [3.8, 4) is 11.5 Å². The fourth-order valence-electron chi connectivity index (χ4n) is 1.15. The minimum absolute atomic E-state index is 0.0474. The van der Waals surface area contributed by atoms with Gasteiger partial charge in [0.2, 0.25) is 0 Å². The molecule has 5 nitrogen and oxygen atoms in total. The quantitative estimate of drug-likeness (QED) is 0.624. The molecule has 0 N–H and O–H groups in total. The van der Waals surface area contributed by atoms with E-state index in [2.05, 4.69) is 9.47 Å². The predicted molar refractivity (Wildman–Crippen MR) is 56.0 cm³/mol. The van der Waals surface area contributed by atoms with Crippen molar-refractivity contribution < 1.29 is 37.0 Å². The average molecular weight is 278 g/mol. The summed E-state index contributed by atoms with van der Waals surface area (Å²) in [6.45, 7) is 0. The highest BCUT2D eigenvalue weighted by Crippen LogP contribution is 2.30. The molecule has 0 radical (unpaired) electrons. The van der Waals surface area contributed by atoms with Crippen LogP contribution in [0.4, 0.5) is 13.2 Å². The summed E-state index contributed by atoms with van der Waals surface area (Å²) in [5, 5.41) is 0. The minimum atomic E-state index is -5.12. The molecule has 0 heterocycles. The fraction of sp³-hybridized carbons (Fsp3) is 0.273. The second-order valence-corrected chi connectivity index (χ2v) is 3.24. The van der Waals surface area contributed by atoms with Gasteiger partial charge in [0.1, 0.15) is 0 Å². The third-order valence-electron chi connectivity index (χ3n) is 2.02. The Morgan fingerprint density at radius 3 is 2.21 bits per heavy atom. The van der Waals surface area contributed by atoms with E-state index in [4.69, 9.17) is 4.74 Å². The summed E-state index contributed by atoms with van der Waals surface area (Å²) in [4.78, 5) is 21.9. The maximum atomic E-state index is 12.0. The van der Waals surface area contributed by atoms with Gasteiger partial charge in [0.15, 0.2) is 11.5 Å². The molecule has 0 aliphatic rings. The van der Waals surface area contributed by atoms with Gasteiger partial charge in [0.25, 0.3) is 0 Å². The normalized spacial score (nSPS) is 10.8. The molecular weight excluding hydrogens is 269 g/mol. The molecular formula is C11H9F3O5. The standard InChI is InChI=1S/C11H9F3O5/c1-17-8-5-6(9(15)18-2)3-4-7(8)19-10(16)11(12,13)14/h3-5H,1-2H3. The van der Waals surface area contributed by atoms with Crippen LogP contribution in [0, 0.1) is 0 Å². The van der Waals surface area contributed by atoms with Crippen LogP contribution in [-0.4, -0.2) is 32.3 Å². The summed E-state index contributed by atoms with van der Waals surface area (Å²) in [6.07, 6.45) is -5.12.